The van der Waals surface area contributed by atoms with Gasteiger partial charge in [0, 0.05) is 6.04 Å². The maximum absolute atomic E-state index is 12.8. The first-order valence-corrected chi connectivity index (χ1v) is 5.67. The number of nitrogens with one attached hydrogen (secondary N) is 1. The van der Waals surface area contributed by atoms with Crippen molar-refractivity contribution in [1.29, 1.82) is 0 Å². The predicted molar refractivity (Wildman–Crippen MR) is 58.2 cm³/mol. The molecule has 4 heteroatoms. The molecule has 0 amide bonds. The molecule has 0 saturated carbocycles. The van der Waals surface area contributed by atoms with Gasteiger partial charge >= 0.3 is 0 Å². The zero-order valence-corrected chi connectivity index (χ0v) is 9.89. The molecule has 2 unspecified atom stereocenters. The van der Waals surface area contributed by atoms with Crippen molar-refractivity contribution in [3.8, 4) is 0 Å². The van der Waals surface area contributed by atoms with Gasteiger partial charge in [0.05, 0.1) is 6.54 Å². The van der Waals surface area contributed by atoms with E-state index < -0.39 is 19.1 Å². The SMILES string of the molecule is CCC(C)CC(CC)NCC(F)(F)CO. The number of hydrogen-bond donors (Lipinski definition) is 2. The van der Waals surface area contributed by atoms with Crippen molar-refractivity contribution >= 4 is 0 Å². The van der Waals surface area contributed by atoms with Crippen LogP contribution in [0.15, 0.2) is 0 Å². The van der Waals surface area contributed by atoms with E-state index in [1.807, 2.05) is 6.92 Å². The Morgan fingerprint density at radius 1 is 1.27 bits per heavy atom. The summed E-state index contributed by atoms with van der Waals surface area (Å²) in [6.07, 6.45) is 2.81. The standard InChI is InChI=1S/C11H23F2NO/c1-4-9(3)6-10(5-2)14-7-11(12,13)8-15/h9-10,14-15H,4-8H2,1-3H3. The predicted octanol–water partition coefficient (Wildman–Crippen LogP) is 2.42. The van der Waals surface area contributed by atoms with E-state index in [-0.39, 0.29) is 6.04 Å². The fourth-order valence-electron chi connectivity index (χ4n) is 1.40. The average Bonchev–Trinajstić information content (AvgIpc) is 2.23. The van der Waals surface area contributed by atoms with Gasteiger partial charge in [-0.15, -0.1) is 0 Å². The molecular formula is C11H23F2NO. The van der Waals surface area contributed by atoms with Crippen molar-refractivity contribution in [3.05, 3.63) is 0 Å². The molecule has 0 aromatic rings. The summed E-state index contributed by atoms with van der Waals surface area (Å²) in [5, 5.41) is 11.2. The molecule has 2 N–H and O–H groups in total. The van der Waals surface area contributed by atoms with Crippen LogP contribution in [0.25, 0.3) is 0 Å². The molecule has 15 heavy (non-hydrogen) atoms. The third-order valence-corrected chi connectivity index (χ3v) is 2.76. The quantitative estimate of drug-likeness (QED) is 0.662. The first-order valence-electron chi connectivity index (χ1n) is 5.67. The minimum absolute atomic E-state index is 0.123. The first-order chi connectivity index (χ1) is 6.95. The zero-order chi connectivity index (χ0) is 11.9. The van der Waals surface area contributed by atoms with Crippen molar-refractivity contribution in [3.63, 3.8) is 0 Å². The molecule has 0 aromatic heterocycles. The highest BCUT2D eigenvalue weighted by Crippen LogP contribution is 2.15. The molecule has 0 aromatic carbocycles. The van der Waals surface area contributed by atoms with Gasteiger partial charge in [0.25, 0.3) is 5.92 Å². The first kappa shape index (κ1) is 14.8. The van der Waals surface area contributed by atoms with Crippen molar-refractivity contribution in [1.82, 2.24) is 5.32 Å². The Kier molecular flexibility index (Phi) is 7.02. The molecule has 0 saturated heterocycles. The van der Waals surface area contributed by atoms with Crippen molar-refractivity contribution in [2.24, 2.45) is 5.92 Å². The second kappa shape index (κ2) is 7.12. The van der Waals surface area contributed by atoms with E-state index in [9.17, 15) is 8.78 Å². The number of hydrogen-bond acceptors (Lipinski definition) is 2. The van der Waals surface area contributed by atoms with Crippen LogP contribution in [-0.4, -0.2) is 30.2 Å². The van der Waals surface area contributed by atoms with Gasteiger partial charge in [0.1, 0.15) is 6.61 Å². The molecule has 0 heterocycles. The molecule has 0 aliphatic rings. The highest BCUT2D eigenvalue weighted by molar-refractivity contribution is 4.74. The number of aliphatic hydroxyl groups excluding tert-OH is 1. The molecule has 2 atom stereocenters. The van der Waals surface area contributed by atoms with Gasteiger partial charge in [-0.1, -0.05) is 27.2 Å². The second-order valence-electron chi connectivity index (χ2n) is 4.25. The molecule has 92 valence electrons. The van der Waals surface area contributed by atoms with Crippen molar-refractivity contribution in [2.75, 3.05) is 13.2 Å². The number of rotatable bonds is 8. The molecule has 0 rings (SSSR count). The van der Waals surface area contributed by atoms with Crippen LogP contribution in [0.3, 0.4) is 0 Å². The monoisotopic (exact) mass is 223 g/mol. The third-order valence-electron chi connectivity index (χ3n) is 2.76. The van der Waals surface area contributed by atoms with Crippen LogP contribution < -0.4 is 5.32 Å². The molecule has 0 radical (unpaired) electrons. The number of halogens is 2. The van der Waals surface area contributed by atoms with Gasteiger partial charge < -0.3 is 10.4 Å². The fourth-order valence-corrected chi connectivity index (χ4v) is 1.40. The average molecular weight is 223 g/mol. The summed E-state index contributed by atoms with van der Waals surface area (Å²) in [5.41, 5.74) is 0. The third kappa shape index (κ3) is 6.79. The van der Waals surface area contributed by atoms with Gasteiger partial charge in [0.15, 0.2) is 0 Å². The van der Waals surface area contributed by atoms with Gasteiger partial charge in [-0.05, 0) is 18.8 Å². The number of aliphatic hydroxyl groups is 1. The fraction of sp³-hybridized carbons (Fsp3) is 1.00. The maximum atomic E-state index is 12.8. The van der Waals surface area contributed by atoms with Crippen molar-refractivity contribution in [2.45, 2.75) is 52.0 Å². The Hall–Kier alpha value is -0.220. The highest BCUT2D eigenvalue weighted by atomic mass is 19.3. The molecule has 0 spiro atoms. The highest BCUT2D eigenvalue weighted by Gasteiger charge is 2.28. The number of alkyl halides is 2. The molecule has 0 aliphatic carbocycles. The largest absolute Gasteiger partial charge is 0.390 e. The minimum atomic E-state index is -3.00. The van der Waals surface area contributed by atoms with Gasteiger partial charge in [-0.25, -0.2) is 8.78 Å². The van der Waals surface area contributed by atoms with Crippen LogP contribution in [0, 0.1) is 5.92 Å². The van der Waals surface area contributed by atoms with Crippen LogP contribution >= 0.6 is 0 Å². The molecule has 0 bridgehead atoms. The second-order valence-corrected chi connectivity index (χ2v) is 4.25. The smallest absolute Gasteiger partial charge is 0.282 e. The van der Waals surface area contributed by atoms with Crippen LogP contribution in [0.1, 0.15) is 40.0 Å². The summed E-state index contributed by atoms with van der Waals surface area (Å²) in [6.45, 7) is 4.68. The normalized spacial score (nSPS) is 16.4. The van der Waals surface area contributed by atoms with Gasteiger partial charge in [-0.3, -0.25) is 0 Å². The van der Waals surface area contributed by atoms with E-state index >= 15 is 0 Å². The molecule has 2 nitrogen and oxygen atoms in total. The molecule has 0 aliphatic heterocycles. The summed E-state index contributed by atoms with van der Waals surface area (Å²) < 4.78 is 25.5. The zero-order valence-electron chi connectivity index (χ0n) is 9.89. The van der Waals surface area contributed by atoms with E-state index in [0.29, 0.717) is 5.92 Å². The lowest BCUT2D eigenvalue weighted by molar-refractivity contribution is -0.0497. The van der Waals surface area contributed by atoms with Gasteiger partial charge in [0.2, 0.25) is 0 Å². The van der Waals surface area contributed by atoms with E-state index in [0.717, 1.165) is 19.3 Å². The summed E-state index contributed by atoms with van der Waals surface area (Å²) in [6, 6.07) is 0.123. The lowest BCUT2D eigenvalue weighted by atomic mass is 9.98. The lowest BCUT2D eigenvalue weighted by Gasteiger charge is -2.23. The van der Waals surface area contributed by atoms with E-state index in [4.69, 9.17) is 5.11 Å². The Bertz CT molecular complexity index is 165. The van der Waals surface area contributed by atoms with Crippen LogP contribution in [0.4, 0.5) is 8.78 Å². The molecule has 0 fully saturated rings. The summed E-state index contributed by atoms with van der Waals surface area (Å²) in [5.74, 6) is -2.45. The summed E-state index contributed by atoms with van der Waals surface area (Å²) in [7, 11) is 0. The summed E-state index contributed by atoms with van der Waals surface area (Å²) >= 11 is 0. The summed E-state index contributed by atoms with van der Waals surface area (Å²) in [4.78, 5) is 0. The van der Waals surface area contributed by atoms with Crippen LogP contribution in [0.2, 0.25) is 0 Å². The minimum Gasteiger partial charge on any atom is -0.390 e. The maximum Gasteiger partial charge on any atom is 0.282 e. The van der Waals surface area contributed by atoms with Crippen molar-refractivity contribution < 1.29 is 13.9 Å². The lowest BCUT2D eigenvalue weighted by Crippen LogP contribution is -2.41. The molecular weight excluding hydrogens is 200 g/mol. The van der Waals surface area contributed by atoms with Crippen LogP contribution in [-0.2, 0) is 0 Å². The van der Waals surface area contributed by atoms with Crippen LogP contribution in [0.5, 0.6) is 0 Å². The Balaban J connectivity index is 3.89. The van der Waals surface area contributed by atoms with E-state index in [1.54, 1.807) is 0 Å². The Morgan fingerprint density at radius 3 is 2.27 bits per heavy atom. The van der Waals surface area contributed by atoms with Gasteiger partial charge in [-0.2, -0.15) is 0 Å². The van der Waals surface area contributed by atoms with E-state index in [1.165, 1.54) is 0 Å². The Morgan fingerprint density at radius 2 is 1.87 bits per heavy atom. The topological polar surface area (TPSA) is 32.3 Å². The Labute approximate surface area is 91.1 Å². The van der Waals surface area contributed by atoms with E-state index in [2.05, 4.69) is 19.2 Å².